The minimum absolute atomic E-state index is 0.202. The number of nitrogens with zero attached hydrogens (tertiary/aromatic N) is 2. The maximum absolute atomic E-state index is 13.1. The van der Waals surface area contributed by atoms with E-state index in [2.05, 4.69) is 20.8 Å². The standard InChI is InChI=1S/C19H16F2N4O/c20-15-6-4-13(5-7-15)10-11-22-17-8-9-18(25-24-17)23-19(26)14-2-1-3-16(21)12-14/h1-9,12H,10-11H2,(H,22,24)(H,23,25,26). The zero-order valence-electron chi connectivity index (χ0n) is 13.7. The summed E-state index contributed by atoms with van der Waals surface area (Å²) in [6, 6.07) is 15.0. The van der Waals surface area contributed by atoms with Gasteiger partial charge in [0.25, 0.3) is 5.91 Å². The summed E-state index contributed by atoms with van der Waals surface area (Å²) in [6.45, 7) is 0.606. The van der Waals surface area contributed by atoms with Crippen LogP contribution in [0.25, 0.3) is 0 Å². The second kappa shape index (κ2) is 8.15. The van der Waals surface area contributed by atoms with Crippen molar-refractivity contribution in [2.24, 2.45) is 0 Å². The van der Waals surface area contributed by atoms with Gasteiger partial charge >= 0.3 is 0 Å². The van der Waals surface area contributed by atoms with Gasteiger partial charge in [0.05, 0.1) is 0 Å². The van der Waals surface area contributed by atoms with Gasteiger partial charge in [-0.2, -0.15) is 0 Å². The summed E-state index contributed by atoms with van der Waals surface area (Å²) in [5.41, 5.74) is 1.21. The third-order valence-corrected chi connectivity index (χ3v) is 3.63. The molecule has 0 fully saturated rings. The van der Waals surface area contributed by atoms with E-state index in [0.717, 1.165) is 11.6 Å². The number of rotatable bonds is 6. The van der Waals surface area contributed by atoms with Crippen LogP contribution in [0.3, 0.4) is 0 Å². The number of aromatic nitrogens is 2. The molecule has 132 valence electrons. The van der Waals surface area contributed by atoms with Crippen LogP contribution in [0, 0.1) is 11.6 Å². The van der Waals surface area contributed by atoms with Crippen LogP contribution in [0.15, 0.2) is 60.7 Å². The van der Waals surface area contributed by atoms with Gasteiger partial charge < -0.3 is 10.6 Å². The van der Waals surface area contributed by atoms with Crippen LogP contribution >= 0.6 is 0 Å². The van der Waals surface area contributed by atoms with Crippen LogP contribution < -0.4 is 10.6 Å². The summed E-state index contributed by atoms with van der Waals surface area (Å²) in [5.74, 6) is -0.386. The number of hydrogen-bond donors (Lipinski definition) is 2. The number of anilines is 2. The third-order valence-electron chi connectivity index (χ3n) is 3.63. The van der Waals surface area contributed by atoms with Gasteiger partial charge in [0.1, 0.15) is 17.5 Å². The SMILES string of the molecule is O=C(Nc1ccc(NCCc2ccc(F)cc2)nn1)c1cccc(F)c1. The van der Waals surface area contributed by atoms with Crippen molar-refractivity contribution >= 4 is 17.5 Å². The van der Waals surface area contributed by atoms with Gasteiger partial charge in [-0.3, -0.25) is 4.79 Å². The molecule has 0 unspecified atom stereocenters. The van der Waals surface area contributed by atoms with E-state index in [-0.39, 0.29) is 17.2 Å². The van der Waals surface area contributed by atoms with Crippen molar-refractivity contribution in [3.63, 3.8) is 0 Å². The van der Waals surface area contributed by atoms with E-state index in [1.54, 1.807) is 24.3 Å². The van der Waals surface area contributed by atoms with E-state index in [1.807, 2.05) is 0 Å². The second-order valence-electron chi connectivity index (χ2n) is 5.57. The second-order valence-corrected chi connectivity index (χ2v) is 5.57. The molecule has 0 aliphatic heterocycles. The fourth-order valence-corrected chi connectivity index (χ4v) is 2.30. The highest BCUT2D eigenvalue weighted by atomic mass is 19.1. The predicted molar refractivity (Wildman–Crippen MR) is 95.0 cm³/mol. The highest BCUT2D eigenvalue weighted by molar-refractivity contribution is 6.03. The number of carbonyl (C=O) groups excluding carboxylic acids is 1. The monoisotopic (exact) mass is 354 g/mol. The first-order valence-corrected chi connectivity index (χ1v) is 7.99. The Hall–Kier alpha value is -3.35. The Balaban J connectivity index is 1.51. The van der Waals surface area contributed by atoms with Crippen LogP contribution in [-0.4, -0.2) is 22.6 Å². The molecule has 0 radical (unpaired) electrons. The average Bonchev–Trinajstić information content (AvgIpc) is 2.65. The molecule has 0 aliphatic carbocycles. The molecule has 2 N–H and O–H groups in total. The summed E-state index contributed by atoms with van der Waals surface area (Å²) in [7, 11) is 0. The summed E-state index contributed by atoms with van der Waals surface area (Å²) >= 11 is 0. The van der Waals surface area contributed by atoms with E-state index in [1.165, 1.54) is 30.3 Å². The molecule has 0 atom stereocenters. The lowest BCUT2D eigenvalue weighted by atomic mass is 10.1. The Labute approximate surface area is 149 Å². The smallest absolute Gasteiger partial charge is 0.256 e. The Bertz CT molecular complexity index is 883. The number of benzene rings is 2. The molecule has 0 aliphatic rings. The molecule has 3 aromatic rings. The number of halogens is 2. The summed E-state index contributed by atoms with van der Waals surface area (Å²) in [5, 5.41) is 13.5. The highest BCUT2D eigenvalue weighted by Gasteiger charge is 2.08. The van der Waals surface area contributed by atoms with Crippen LogP contribution in [0.1, 0.15) is 15.9 Å². The van der Waals surface area contributed by atoms with Gasteiger partial charge in [0.2, 0.25) is 0 Å². The number of carbonyl (C=O) groups is 1. The normalized spacial score (nSPS) is 10.4. The van der Waals surface area contributed by atoms with Crippen LogP contribution in [0.2, 0.25) is 0 Å². The molecule has 1 heterocycles. The summed E-state index contributed by atoms with van der Waals surface area (Å²) < 4.78 is 26.0. The molecule has 2 aromatic carbocycles. The number of hydrogen-bond acceptors (Lipinski definition) is 4. The molecule has 5 nitrogen and oxygen atoms in total. The zero-order valence-corrected chi connectivity index (χ0v) is 13.7. The largest absolute Gasteiger partial charge is 0.368 e. The highest BCUT2D eigenvalue weighted by Crippen LogP contribution is 2.10. The lowest BCUT2D eigenvalue weighted by Crippen LogP contribution is -2.14. The topological polar surface area (TPSA) is 66.9 Å². The molecule has 1 aromatic heterocycles. The number of nitrogens with one attached hydrogen (secondary N) is 2. The molecular weight excluding hydrogens is 338 g/mol. The summed E-state index contributed by atoms with van der Waals surface area (Å²) in [6.07, 6.45) is 0.708. The van der Waals surface area contributed by atoms with Gasteiger partial charge in [-0.1, -0.05) is 18.2 Å². The van der Waals surface area contributed by atoms with E-state index in [0.29, 0.717) is 18.8 Å². The fourth-order valence-electron chi connectivity index (χ4n) is 2.30. The lowest BCUT2D eigenvalue weighted by Gasteiger charge is -2.07. The van der Waals surface area contributed by atoms with Crippen molar-refractivity contribution in [1.29, 1.82) is 0 Å². The van der Waals surface area contributed by atoms with Gasteiger partial charge in [0.15, 0.2) is 5.82 Å². The minimum Gasteiger partial charge on any atom is -0.368 e. The van der Waals surface area contributed by atoms with Gasteiger partial charge in [-0.25, -0.2) is 8.78 Å². The molecular formula is C19H16F2N4O. The Morgan fingerprint density at radius 3 is 2.31 bits per heavy atom. The van der Waals surface area contributed by atoms with Crippen molar-refractivity contribution in [3.05, 3.63) is 83.4 Å². The molecule has 26 heavy (non-hydrogen) atoms. The van der Waals surface area contributed by atoms with Gasteiger partial charge in [-0.05, 0) is 54.4 Å². The maximum atomic E-state index is 13.1. The van der Waals surface area contributed by atoms with Crippen molar-refractivity contribution in [2.45, 2.75) is 6.42 Å². The van der Waals surface area contributed by atoms with E-state index in [9.17, 15) is 13.6 Å². The number of amides is 1. The van der Waals surface area contributed by atoms with Crippen LogP contribution in [-0.2, 0) is 6.42 Å². The molecule has 7 heteroatoms. The fraction of sp³-hybridized carbons (Fsp3) is 0.105. The van der Waals surface area contributed by atoms with Crippen molar-refractivity contribution in [2.75, 3.05) is 17.2 Å². The first-order chi connectivity index (χ1) is 12.6. The third kappa shape index (κ3) is 4.83. The van der Waals surface area contributed by atoms with Gasteiger partial charge in [0, 0.05) is 12.1 Å². The Morgan fingerprint density at radius 1 is 0.885 bits per heavy atom. The molecule has 0 saturated heterocycles. The van der Waals surface area contributed by atoms with Gasteiger partial charge in [-0.15, -0.1) is 10.2 Å². The molecule has 3 rings (SSSR count). The van der Waals surface area contributed by atoms with Crippen molar-refractivity contribution in [1.82, 2.24) is 10.2 Å². The molecule has 0 spiro atoms. The zero-order chi connectivity index (χ0) is 18.4. The van der Waals surface area contributed by atoms with E-state index in [4.69, 9.17) is 0 Å². The van der Waals surface area contributed by atoms with Crippen molar-refractivity contribution < 1.29 is 13.6 Å². The molecule has 0 saturated carbocycles. The lowest BCUT2D eigenvalue weighted by molar-refractivity contribution is 0.102. The molecule has 1 amide bonds. The Kier molecular flexibility index (Phi) is 5.48. The summed E-state index contributed by atoms with van der Waals surface area (Å²) in [4.78, 5) is 12.0. The minimum atomic E-state index is -0.482. The quantitative estimate of drug-likeness (QED) is 0.709. The maximum Gasteiger partial charge on any atom is 0.256 e. The first kappa shape index (κ1) is 17.5. The van der Waals surface area contributed by atoms with Crippen LogP contribution in [0.4, 0.5) is 20.4 Å². The Morgan fingerprint density at radius 2 is 1.62 bits per heavy atom. The van der Waals surface area contributed by atoms with E-state index >= 15 is 0 Å². The molecule has 0 bridgehead atoms. The van der Waals surface area contributed by atoms with Crippen LogP contribution in [0.5, 0.6) is 0 Å². The predicted octanol–water partition coefficient (Wildman–Crippen LogP) is 3.66. The van der Waals surface area contributed by atoms with E-state index < -0.39 is 11.7 Å². The average molecular weight is 354 g/mol. The van der Waals surface area contributed by atoms with Crippen molar-refractivity contribution in [3.8, 4) is 0 Å². The first-order valence-electron chi connectivity index (χ1n) is 7.99.